The number of amides is 1. The molecular formula is C9H7FN2O2S. The number of carbonyl (C=O) groups is 1. The van der Waals surface area contributed by atoms with Gasteiger partial charge in [0.05, 0.1) is 11.2 Å². The summed E-state index contributed by atoms with van der Waals surface area (Å²) in [4.78, 5) is 14.2. The molecule has 0 saturated carbocycles. The highest BCUT2D eigenvalue weighted by Gasteiger charge is 2.07. The Labute approximate surface area is 88.4 Å². The summed E-state index contributed by atoms with van der Waals surface area (Å²) in [6, 6.07) is 4.68. The Balaban J connectivity index is 2.31. The third-order valence-corrected chi connectivity index (χ3v) is 2.83. The van der Waals surface area contributed by atoms with Crippen LogP contribution in [0.3, 0.4) is 0 Å². The number of nitrogens with zero attached hydrogens (tertiary/aromatic N) is 1. The smallest absolute Gasteiger partial charge is 0.405 e. The minimum Gasteiger partial charge on any atom is -0.465 e. The Morgan fingerprint density at radius 2 is 2.40 bits per heavy atom. The minimum atomic E-state index is -1.12. The van der Waals surface area contributed by atoms with Crippen molar-refractivity contribution in [2.24, 2.45) is 0 Å². The molecule has 0 unspecified atom stereocenters. The van der Waals surface area contributed by atoms with Gasteiger partial charge in [-0.15, -0.1) is 11.3 Å². The topological polar surface area (TPSA) is 62.2 Å². The largest absolute Gasteiger partial charge is 0.465 e. The normalized spacial score (nSPS) is 10.5. The van der Waals surface area contributed by atoms with Crippen LogP contribution in [0, 0.1) is 5.82 Å². The standard InChI is InChI=1S/C9H7FN2O2S/c10-5-2-1-3-6-8(5)12-7(15-6)4-11-9(13)14/h1-3,11H,4H2,(H,13,14). The maximum absolute atomic E-state index is 13.2. The molecule has 2 N–H and O–H groups in total. The molecule has 0 fully saturated rings. The van der Waals surface area contributed by atoms with Crippen molar-refractivity contribution in [3.63, 3.8) is 0 Å². The van der Waals surface area contributed by atoms with Crippen LogP contribution in [-0.4, -0.2) is 16.2 Å². The lowest BCUT2D eigenvalue weighted by atomic mass is 10.3. The summed E-state index contributed by atoms with van der Waals surface area (Å²) in [7, 11) is 0. The van der Waals surface area contributed by atoms with Crippen molar-refractivity contribution in [1.29, 1.82) is 0 Å². The van der Waals surface area contributed by atoms with Crippen LogP contribution in [0.4, 0.5) is 9.18 Å². The number of para-hydroxylation sites is 1. The molecule has 0 radical (unpaired) electrons. The molecule has 1 amide bonds. The van der Waals surface area contributed by atoms with Crippen LogP contribution < -0.4 is 5.32 Å². The molecule has 0 aliphatic heterocycles. The van der Waals surface area contributed by atoms with Crippen molar-refractivity contribution in [2.45, 2.75) is 6.54 Å². The molecule has 0 bridgehead atoms. The third kappa shape index (κ3) is 2.04. The van der Waals surface area contributed by atoms with E-state index in [-0.39, 0.29) is 12.4 Å². The van der Waals surface area contributed by atoms with Gasteiger partial charge in [-0.1, -0.05) is 6.07 Å². The highest BCUT2D eigenvalue weighted by Crippen LogP contribution is 2.23. The lowest BCUT2D eigenvalue weighted by Crippen LogP contribution is -2.19. The van der Waals surface area contributed by atoms with Crippen molar-refractivity contribution >= 4 is 27.6 Å². The maximum Gasteiger partial charge on any atom is 0.405 e. The fourth-order valence-electron chi connectivity index (χ4n) is 1.19. The molecule has 0 atom stereocenters. The van der Waals surface area contributed by atoms with Crippen LogP contribution in [-0.2, 0) is 6.54 Å². The van der Waals surface area contributed by atoms with Crippen LogP contribution in [0.5, 0.6) is 0 Å². The van der Waals surface area contributed by atoms with Crippen LogP contribution in [0.15, 0.2) is 18.2 Å². The van der Waals surface area contributed by atoms with Crippen LogP contribution in [0.2, 0.25) is 0 Å². The minimum absolute atomic E-state index is 0.105. The van der Waals surface area contributed by atoms with Crippen molar-refractivity contribution in [3.05, 3.63) is 29.0 Å². The van der Waals surface area contributed by atoms with Gasteiger partial charge in [0.2, 0.25) is 0 Å². The summed E-state index contributed by atoms with van der Waals surface area (Å²) < 4.78 is 13.9. The number of nitrogens with one attached hydrogen (secondary N) is 1. The number of thiazole rings is 1. The molecule has 1 heterocycles. The molecule has 6 heteroatoms. The van der Waals surface area contributed by atoms with Crippen LogP contribution in [0.1, 0.15) is 5.01 Å². The Morgan fingerprint density at radius 3 is 3.07 bits per heavy atom. The first kappa shape index (κ1) is 9.85. The van der Waals surface area contributed by atoms with E-state index in [1.54, 1.807) is 12.1 Å². The number of aromatic nitrogens is 1. The summed E-state index contributed by atoms with van der Waals surface area (Å²) in [5, 5.41) is 11.1. The monoisotopic (exact) mass is 226 g/mol. The first-order valence-corrected chi connectivity index (χ1v) is 4.99. The van der Waals surface area contributed by atoms with Crippen molar-refractivity contribution in [2.75, 3.05) is 0 Å². The number of benzene rings is 1. The van der Waals surface area contributed by atoms with Gasteiger partial charge in [0.1, 0.15) is 16.3 Å². The SMILES string of the molecule is O=C(O)NCc1nc2c(F)cccc2s1. The average molecular weight is 226 g/mol. The number of rotatable bonds is 2. The van der Waals surface area contributed by atoms with E-state index in [1.807, 2.05) is 0 Å². The molecule has 78 valence electrons. The second-order valence-electron chi connectivity index (χ2n) is 2.85. The predicted molar refractivity (Wildman–Crippen MR) is 54.4 cm³/mol. The van der Waals surface area contributed by atoms with E-state index in [9.17, 15) is 9.18 Å². The van der Waals surface area contributed by atoms with Gasteiger partial charge in [-0.25, -0.2) is 14.2 Å². The fraction of sp³-hybridized carbons (Fsp3) is 0.111. The summed E-state index contributed by atoms with van der Waals surface area (Å²) in [5.41, 5.74) is 0.296. The van der Waals surface area contributed by atoms with Crippen LogP contribution >= 0.6 is 11.3 Å². The van der Waals surface area contributed by atoms with E-state index in [4.69, 9.17) is 5.11 Å². The third-order valence-electron chi connectivity index (χ3n) is 1.80. The molecule has 2 aromatic rings. The van der Waals surface area contributed by atoms with Crippen molar-refractivity contribution in [1.82, 2.24) is 10.3 Å². The second-order valence-corrected chi connectivity index (χ2v) is 3.97. The van der Waals surface area contributed by atoms with Gasteiger partial charge >= 0.3 is 6.09 Å². The maximum atomic E-state index is 13.2. The number of halogens is 1. The Hall–Kier alpha value is -1.69. The molecule has 0 aliphatic carbocycles. The average Bonchev–Trinajstić information content (AvgIpc) is 2.59. The number of carboxylic acid groups (broad SMARTS) is 1. The van der Waals surface area contributed by atoms with Gasteiger partial charge in [0.15, 0.2) is 0 Å². The Bertz CT molecular complexity index is 512. The van der Waals surface area contributed by atoms with E-state index >= 15 is 0 Å². The van der Waals surface area contributed by atoms with Gasteiger partial charge in [-0.2, -0.15) is 0 Å². The summed E-state index contributed by atoms with van der Waals surface area (Å²) in [6.07, 6.45) is -1.12. The molecule has 4 nitrogen and oxygen atoms in total. The highest BCUT2D eigenvalue weighted by molar-refractivity contribution is 7.18. The second kappa shape index (κ2) is 3.82. The molecule has 2 rings (SSSR count). The molecule has 15 heavy (non-hydrogen) atoms. The van der Waals surface area contributed by atoms with Gasteiger partial charge in [-0.3, -0.25) is 0 Å². The fourth-order valence-corrected chi connectivity index (χ4v) is 2.11. The van der Waals surface area contributed by atoms with Gasteiger partial charge in [-0.05, 0) is 12.1 Å². The Kier molecular flexibility index (Phi) is 2.51. The zero-order valence-corrected chi connectivity index (χ0v) is 8.34. The number of hydrogen-bond donors (Lipinski definition) is 2. The zero-order chi connectivity index (χ0) is 10.8. The number of fused-ring (bicyclic) bond motifs is 1. The Morgan fingerprint density at radius 1 is 1.60 bits per heavy atom. The molecule has 0 saturated heterocycles. The van der Waals surface area contributed by atoms with Gasteiger partial charge in [0, 0.05) is 0 Å². The number of hydrogen-bond acceptors (Lipinski definition) is 3. The first-order valence-electron chi connectivity index (χ1n) is 4.17. The summed E-state index contributed by atoms with van der Waals surface area (Å²) in [5.74, 6) is -0.384. The van der Waals surface area contributed by atoms with E-state index in [0.717, 1.165) is 4.70 Å². The molecule has 0 spiro atoms. The van der Waals surface area contributed by atoms with E-state index in [0.29, 0.717) is 10.5 Å². The molecular weight excluding hydrogens is 219 g/mol. The van der Waals surface area contributed by atoms with E-state index in [1.165, 1.54) is 17.4 Å². The van der Waals surface area contributed by atoms with Crippen LogP contribution in [0.25, 0.3) is 10.2 Å². The lowest BCUT2D eigenvalue weighted by Gasteiger charge is -1.93. The quantitative estimate of drug-likeness (QED) is 0.825. The van der Waals surface area contributed by atoms with Gasteiger partial charge < -0.3 is 10.4 Å². The summed E-state index contributed by atoms with van der Waals surface area (Å²) in [6.45, 7) is 0.105. The van der Waals surface area contributed by atoms with E-state index < -0.39 is 6.09 Å². The van der Waals surface area contributed by atoms with Crippen molar-refractivity contribution in [3.8, 4) is 0 Å². The molecule has 1 aromatic heterocycles. The molecule has 1 aromatic carbocycles. The first-order chi connectivity index (χ1) is 7.16. The van der Waals surface area contributed by atoms with Crippen molar-refractivity contribution < 1.29 is 14.3 Å². The summed E-state index contributed by atoms with van der Waals surface area (Å²) >= 11 is 1.28. The highest BCUT2D eigenvalue weighted by atomic mass is 32.1. The molecule has 0 aliphatic rings. The predicted octanol–water partition coefficient (Wildman–Crippen LogP) is 2.20. The van der Waals surface area contributed by atoms with E-state index in [2.05, 4.69) is 10.3 Å². The van der Waals surface area contributed by atoms with Gasteiger partial charge in [0.25, 0.3) is 0 Å². The zero-order valence-electron chi connectivity index (χ0n) is 7.53. The lowest BCUT2D eigenvalue weighted by molar-refractivity contribution is 0.194.